The van der Waals surface area contributed by atoms with E-state index in [0.717, 1.165) is 0 Å². The van der Waals surface area contributed by atoms with E-state index in [1.807, 2.05) is 0 Å². The van der Waals surface area contributed by atoms with E-state index in [2.05, 4.69) is 31.3 Å². The summed E-state index contributed by atoms with van der Waals surface area (Å²) in [7, 11) is 0. The van der Waals surface area contributed by atoms with Crippen LogP contribution in [0.15, 0.2) is 4.60 Å². The molecule has 0 unspecified atom stereocenters. The van der Waals surface area contributed by atoms with Crippen molar-refractivity contribution < 1.29 is 8.78 Å². The van der Waals surface area contributed by atoms with E-state index < -0.39 is 6.43 Å². The van der Waals surface area contributed by atoms with E-state index in [4.69, 9.17) is 0 Å². The van der Waals surface area contributed by atoms with E-state index in [9.17, 15) is 8.78 Å². The highest BCUT2D eigenvalue weighted by molar-refractivity contribution is 9.10. The molecule has 0 bridgehead atoms. The van der Waals surface area contributed by atoms with Crippen molar-refractivity contribution in [2.75, 3.05) is 0 Å². The first kappa shape index (κ1) is 6.60. The van der Waals surface area contributed by atoms with Crippen LogP contribution in [0.1, 0.15) is 12.1 Å². The summed E-state index contributed by atoms with van der Waals surface area (Å²) in [6.45, 7) is 0. The van der Waals surface area contributed by atoms with Gasteiger partial charge in [-0.25, -0.2) is 8.78 Å². The third-order valence-corrected chi connectivity index (χ3v) is 1.32. The second-order valence-corrected chi connectivity index (χ2v) is 2.05. The van der Waals surface area contributed by atoms with Gasteiger partial charge in [-0.2, -0.15) is 10.3 Å². The zero-order valence-electron chi connectivity index (χ0n) is 4.11. The van der Waals surface area contributed by atoms with Crippen molar-refractivity contribution >= 4 is 15.9 Å². The highest BCUT2D eigenvalue weighted by Gasteiger charge is 2.14. The average molecular weight is 198 g/mol. The lowest BCUT2D eigenvalue weighted by molar-refractivity contribution is 0.145. The van der Waals surface area contributed by atoms with E-state index in [-0.39, 0.29) is 10.3 Å². The number of aromatic amines is 1. The predicted molar refractivity (Wildman–Crippen MR) is 29.0 cm³/mol. The Kier molecular flexibility index (Phi) is 1.75. The summed E-state index contributed by atoms with van der Waals surface area (Å²) in [5.74, 6) is 0. The smallest absolute Gasteiger partial charge is 0.203 e. The third-order valence-electron chi connectivity index (χ3n) is 0.737. The number of nitrogens with one attached hydrogen (secondary N) is 1. The lowest BCUT2D eigenvalue weighted by Gasteiger charge is -1.87. The molecule has 0 aliphatic heterocycles. The lowest BCUT2D eigenvalue weighted by Crippen LogP contribution is -1.83. The van der Waals surface area contributed by atoms with Crippen molar-refractivity contribution in [3.05, 3.63) is 10.3 Å². The summed E-state index contributed by atoms with van der Waals surface area (Å²) < 4.78 is 23.5. The molecule has 1 heterocycles. The number of hydrogen-bond acceptors (Lipinski definition) is 2. The summed E-state index contributed by atoms with van der Waals surface area (Å²) in [5.41, 5.74) is -0.352. The van der Waals surface area contributed by atoms with Crippen molar-refractivity contribution in [2.45, 2.75) is 6.43 Å². The van der Waals surface area contributed by atoms with Gasteiger partial charge >= 0.3 is 0 Å². The molecule has 0 aliphatic rings. The number of alkyl halides is 2. The van der Waals surface area contributed by atoms with E-state index in [0.29, 0.717) is 0 Å². The highest BCUT2D eigenvalue weighted by Crippen LogP contribution is 2.21. The second-order valence-electron chi connectivity index (χ2n) is 1.30. The SMILES string of the molecule is FC(F)c1n[nH]nc1Br. The van der Waals surface area contributed by atoms with Crippen LogP contribution in [0.25, 0.3) is 0 Å². The molecule has 0 fully saturated rings. The molecule has 0 atom stereocenters. The molecule has 0 saturated carbocycles. The molecule has 1 aromatic heterocycles. The summed E-state index contributed by atoms with van der Waals surface area (Å²) in [6.07, 6.45) is -2.57. The number of aromatic nitrogens is 3. The first-order valence-corrected chi connectivity index (χ1v) is 2.85. The molecule has 1 rings (SSSR count). The van der Waals surface area contributed by atoms with Crippen LogP contribution >= 0.6 is 15.9 Å². The minimum absolute atomic E-state index is 0.0671. The van der Waals surface area contributed by atoms with Gasteiger partial charge in [-0.05, 0) is 15.9 Å². The van der Waals surface area contributed by atoms with Gasteiger partial charge in [0.25, 0.3) is 6.43 Å². The van der Waals surface area contributed by atoms with Crippen molar-refractivity contribution in [3.8, 4) is 0 Å². The van der Waals surface area contributed by atoms with Crippen LogP contribution in [0.3, 0.4) is 0 Å². The van der Waals surface area contributed by atoms with Crippen molar-refractivity contribution in [2.24, 2.45) is 0 Å². The summed E-state index contributed by atoms with van der Waals surface area (Å²) in [4.78, 5) is 0. The molecule has 0 amide bonds. The number of rotatable bonds is 1. The Morgan fingerprint density at radius 2 is 2.11 bits per heavy atom. The van der Waals surface area contributed by atoms with Gasteiger partial charge in [-0.1, -0.05) is 0 Å². The molecule has 0 aliphatic carbocycles. The standard InChI is InChI=1S/C3H2BrF2N3/c4-2-1(3(5)6)7-9-8-2/h3H,(H,7,8,9). The van der Waals surface area contributed by atoms with Crippen molar-refractivity contribution in [1.29, 1.82) is 0 Å². The molecule has 0 spiro atoms. The van der Waals surface area contributed by atoms with E-state index in [1.54, 1.807) is 0 Å². The molecule has 6 heteroatoms. The van der Waals surface area contributed by atoms with E-state index >= 15 is 0 Å². The zero-order valence-corrected chi connectivity index (χ0v) is 5.69. The van der Waals surface area contributed by atoms with Gasteiger partial charge in [0.1, 0.15) is 0 Å². The molecule has 1 N–H and O–H groups in total. The summed E-state index contributed by atoms with van der Waals surface area (Å²) in [6, 6.07) is 0. The first-order chi connectivity index (χ1) is 4.22. The van der Waals surface area contributed by atoms with Crippen LogP contribution < -0.4 is 0 Å². The second kappa shape index (κ2) is 2.38. The van der Waals surface area contributed by atoms with Crippen molar-refractivity contribution in [1.82, 2.24) is 15.4 Å². The highest BCUT2D eigenvalue weighted by atomic mass is 79.9. The normalized spacial score (nSPS) is 10.7. The van der Waals surface area contributed by atoms with Crippen LogP contribution in [-0.4, -0.2) is 15.4 Å². The maximum atomic E-state index is 11.7. The van der Waals surface area contributed by atoms with Gasteiger partial charge in [0.15, 0.2) is 10.3 Å². The van der Waals surface area contributed by atoms with Gasteiger partial charge in [0.05, 0.1) is 0 Å². The topological polar surface area (TPSA) is 41.6 Å². The van der Waals surface area contributed by atoms with Crippen molar-refractivity contribution in [3.63, 3.8) is 0 Å². The Morgan fingerprint density at radius 1 is 1.44 bits per heavy atom. The van der Waals surface area contributed by atoms with Crippen LogP contribution in [0.5, 0.6) is 0 Å². The monoisotopic (exact) mass is 197 g/mol. The first-order valence-electron chi connectivity index (χ1n) is 2.06. The largest absolute Gasteiger partial charge is 0.284 e. The minimum atomic E-state index is -2.57. The molecular weight excluding hydrogens is 196 g/mol. The molecule has 0 radical (unpaired) electrons. The lowest BCUT2D eigenvalue weighted by atomic mass is 10.5. The van der Waals surface area contributed by atoms with Crippen LogP contribution in [0.4, 0.5) is 8.78 Å². The molecule has 9 heavy (non-hydrogen) atoms. The van der Waals surface area contributed by atoms with Gasteiger partial charge in [0, 0.05) is 0 Å². The number of H-pyrrole nitrogens is 1. The third kappa shape index (κ3) is 1.24. The van der Waals surface area contributed by atoms with Crippen LogP contribution in [-0.2, 0) is 0 Å². The maximum Gasteiger partial charge on any atom is 0.284 e. The van der Waals surface area contributed by atoms with Crippen LogP contribution in [0.2, 0.25) is 0 Å². The number of nitrogens with zero attached hydrogens (tertiary/aromatic N) is 2. The fourth-order valence-electron chi connectivity index (χ4n) is 0.365. The molecule has 3 nitrogen and oxygen atoms in total. The van der Waals surface area contributed by atoms with Gasteiger partial charge < -0.3 is 0 Å². The Morgan fingerprint density at radius 3 is 2.33 bits per heavy atom. The average Bonchev–Trinajstić information content (AvgIpc) is 2.13. The van der Waals surface area contributed by atoms with Gasteiger partial charge in [-0.3, -0.25) is 0 Å². The predicted octanol–water partition coefficient (Wildman–Crippen LogP) is 1.50. The van der Waals surface area contributed by atoms with Gasteiger partial charge in [0.2, 0.25) is 0 Å². The van der Waals surface area contributed by atoms with Crippen LogP contribution in [0, 0.1) is 0 Å². The number of hydrogen-bond donors (Lipinski definition) is 1. The van der Waals surface area contributed by atoms with Gasteiger partial charge in [-0.15, -0.1) is 5.10 Å². The Bertz CT molecular complexity index is 199. The molecular formula is C3H2BrF2N3. The fourth-order valence-corrected chi connectivity index (χ4v) is 0.706. The molecule has 0 saturated heterocycles. The molecule has 1 aromatic rings. The Labute approximate surface area is 57.6 Å². The Balaban J connectivity index is 2.94. The zero-order chi connectivity index (χ0) is 6.85. The summed E-state index contributed by atoms with van der Waals surface area (Å²) in [5, 5.41) is 8.57. The van der Waals surface area contributed by atoms with E-state index in [1.165, 1.54) is 0 Å². The number of halogens is 3. The Hall–Kier alpha value is -0.520. The quantitative estimate of drug-likeness (QED) is 0.742. The fraction of sp³-hybridized carbons (Fsp3) is 0.333. The minimum Gasteiger partial charge on any atom is -0.203 e. The molecule has 0 aromatic carbocycles. The maximum absolute atomic E-state index is 11.7. The molecule has 50 valence electrons. The summed E-state index contributed by atoms with van der Waals surface area (Å²) >= 11 is 2.78.